The van der Waals surface area contributed by atoms with E-state index in [9.17, 15) is 4.79 Å². The predicted octanol–water partition coefficient (Wildman–Crippen LogP) is 2.72. The zero-order valence-corrected chi connectivity index (χ0v) is 10.4. The van der Waals surface area contributed by atoms with Crippen molar-refractivity contribution in [1.82, 2.24) is 5.43 Å². The van der Waals surface area contributed by atoms with Crippen LogP contribution in [0.3, 0.4) is 0 Å². The molecule has 4 nitrogen and oxygen atoms in total. The van der Waals surface area contributed by atoms with E-state index in [2.05, 4.69) is 10.5 Å². The predicted molar refractivity (Wildman–Crippen MR) is 67.6 cm³/mol. The summed E-state index contributed by atoms with van der Waals surface area (Å²) in [6, 6.07) is 3.62. The van der Waals surface area contributed by atoms with Crippen LogP contribution < -0.4 is 5.43 Å². The lowest BCUT2D eigenvalue weighted by Gasteiger charge is -1.96. The minimum Gasteiger partial charge on any atom is -0.466 e. The number of hydrogen-bond acceptors (Lipinski definition) is 4. The van der Waals surface area contributed by atoms with Crippen LogP contribution in [0.1, 0.15) is 27.4 Å². The monoisotopic (exact) mass is 248 g/mol. The van der Waals surface area contributed by atoms with Gasteiger partial charge in [0.15, 0.2) is 0 Å². The van der Waals surface area contributed by atoms with Gasteiger partial charge in [0.05, 0.1) is 11.8 Å². The average molecular weight is 248 g/mol. The number of furan rings is 1. The first kappa shape index (κ1) is 11.6. The largest absolute Gasteiger partial charge is 0.466 e. The van der Waals surface area contributed by atoms with Crippen molar-refractivity contribution in [2.45, 2.75) is 13.8 Å². The molecule has 2 aromatic heterocycles. The molecule has 0 fully saturated rings. The molecule has 0 atom stereocenters. The molecule has 0 aliphatic carbocycles. The molecule has 17 heavy (non-hydrogen) atoms. The Bertz CT molecular complexity index is 541. The van der Waals surface area contributed by atoms with Crippen molar-refractivity contribution < 1.29 is 9.21 Å². The SMILES string of the molecule is Cc1cc(C(=O)N/N=C\c2ccsc2)c(C)o1. The van der Waals surface area contributed by atoms with Gasteiger partial charge in [-0.15, -0.1) is 0 Å². The highest BCUT2D eigenvalue weighted by atomic mass is 32.1. The van der Waals surface area contributed by atoms with Crippen molar-refractivity contribution in [1.29, 1.82) is 0 Å². The van der Waals surface area contributed by atoms with Crippen LogP contribution in [0.4, 0.5) is 0 Å². The Morgan fingerprint density at radius 2 is 2.35 bits per heavy atom. The molecule has 0 radical (unpaired) electrons. The zero-order valence-electron chi connectivity index (χ0n) is 9.56. The number of nitrogens with zero attached hydrogens (tertiary/aromatic N) is 1. The number of hydrazone groups is 1. The van der Waals surface area contributed by atoms with Crippen molar-refractivity contribution in [3.05, 3.63) is 45.5 Å². The standard InChI is InChI=1S/C12H12N2O2S/c1-8-5-11(9(2)16-8)12(15)14-13-6-10-3-4-17-7-10/h3-7H,1-2H3,(H,14,15)/b13-6-. The molecule has 1 amide bonds. The Kier molecular flexibility index (Phi) is 3.39. The van der Waals surface area contributed by atoms with E-state index in [-0.39, 0.29) is 5.91 Å². The van der Waals surface area contributed by atoms with E-state index in [0.29, 0.717) is 11.3 Å². The Morgan fingerprint density at radius 1 is 1.53 bits per heavy atom. The molecule has 5 heteroatoms. The quantitative estimate of drug-likeness (QED) is 0.670. The summed E-state index contributed by atoms with van der Waals surface area (Å²) in [6.45, 7) is 3.56. The summed E-state index contributed by atoms with van der Waals surface area (Å²) < 4.78 is 5.28. The van der Waals surface area contributed by atoms with Crippen molar-refractivity contribution >= 4 is 23.5 Å². The van der Waals surface area contributed by atoms with Crippen LogP contribution in [0.15, 0.2) is 32.4 Å². The molecule has 0 bridgehead atoms. The zero-order chi connectivity index (χ0) is 12.3. The fourth-order valence-corrected chi connectivity index (χ4v) is 2.04. The van der Waals surface area contributed by atoms with E-state index in [1.165, 1.54) is 0 Å². The van der Waals surface area contributed by atoms with Crippen LogP contribution in [0.25, 0.3) is 0 Å². The molecule has 0 saturated carbocycles. The van der Waals surface area contributed by atoms with Gasteiger partial charge < -0.3 is 4.42 Å². The second kappa shape index (κ2) is 4.97. The van der Waals surface area contributed by atoms with Crippen molar-refractivity contribution in [2.24, 2.45) is 5.10 Å². The summed E-state index contributed by atoms with van der Waals surface area (Å²) in [4.78, 5) is 11.7. The third kappa shape index (κ3) is 2.82. The lowest BCUT2D eigenvalue weighted by atomic mass is 10.2. The molecule has 0 unspecified atom stereocenters. The summed E-state index contributed by atoms with van der Waals surface area (Å²) in [5.41, 5.74) is 3.95. The molecule has 2 rings (SSSR count). The van der Waals surface area contributed by atoms with Gasteiger partial charge in [0, 0.05) is 5.56 Å². The minimum absolute atomic E-state index is 0.258. The summed E-state index contributed by atoms with van der Waals surface area (Å²) >= 11 is 1.58. The fraction of sp³-hybridized carbons (Fsp3) is 0.167. The summed E-state index contributed by atoms with van der Waals surface area (Å²) in [6.07, 6.45) is 1.61. The number of hydrogen-bond donors (Lipinski definition) is 1. The second-order valence-electron chi connectivity index (χ2n) is 3.58. The van der Waals surface area contributed by atoms with Crippen LogP contribution in [0.5, 0.6) is 0 Å². The first-order valence-electron chi connectivity index (χ1n) is 5.09. The van der Waals surface area contributed by atoms with Gasteiger partial charge in [-0.1, -0.05) is 0 Å². The highest BCUT2D eigenvalue weighted by Gasteiger charge is 2.12. The maximum atomic E-state index is 11.7. The Morgan fingerprint density at radius 3 is 2.94 bits per heavy atom. The lowest BCUT2D eigenvalue weighted by Crippen LogP contribution is -2.17. The van der Waals surface area contributed by atoms with Gasteiger partial charge in [-0.05, 0) is 36.7 Å². The van der Waals surface area contributed by atoms with Crippen molar-refractivity contribution in [3.8, 4) is 0 Å². The Labute approximate surface area is 103 Å². The number of amides is 1. The molecule has 0 aliphatic heterocycles. The highest BCUT2D eigenvalue weighted by molar-refractivity contribution is 7.08. The van der Waals surface area contributed by atoms with Crippen LogP contribution in [-0.4, -0.2) is 12.1 Å². The highest BCUT2D eigenvalue weighted by Crippen LogP contribution is 2.13. The molecule has 2 aromatic rings. The van der Waals surface area contributed by atoms with Gasteiger partial charge >= 0.3 is 0 Å². The molecule has 0 saturated heterocycles. The third-order valence-electron chi connectivity index (χ3n) is 2.21. The van der Waals surface area contributed by atoms with E-state index in [4.69, 9.17) is 4.42 Å². The van der Waals surface area contributed by atoms with Crippen LogP contribution >= 0.6 is 11.3 Å². The fourth-order valence-electron chi connectivity index (χ4n) is 1.43. The molecule has 2 heterocycles. The lowest BCUT2D eigenvalue weighted by molar-refractivity contribution is 0.0953. The maximum Gasteiger partial charge on any atom is 0.274 e. The van der Waals surface area contributed by atoms with Gasteiger partial charge in [-0.25, -0.2) is 5.43 Å². The molecule has 88 valence electrons. The number of nitrogens with one attached hydrogen (secondary N) is 1. The molecule has 1 N–H and O–H groups in total. The van der Waals surface area contributed by atoms with E-state index in [1.54, 1.807) is 37.5 Å². The first-order valence-corrected chi connectivity index (χ1v) is 6.04. The van der Waals surface area contributed by atoms with Gasteiger partial charge in [0.25, 0.3) is 5.91 Å². The summed E-state index contributed by atoms with van der Waals surface area (Å²) in [5, 5.41) is 7.78. The number of aryl methyl sites for hydroxylation is 2. The van der Waals surface area contributed by atoms with E-state index >= 15 is 0 Å². The number of carbonyl (C=O) groups excluding carboxylic acids is 1. The van der Waals surface area contributed by atoms with Crippen molar-refractivity contribution in [3.63, 3.8) is 0 Å². The normalized spacial score (nSPS) is 10.9. The van der Waals surface area contributed by atoms with Gasteiger partial charge in [-0.2, -0.15) is 16.4 Å². The number of thiophene rings is 1. The molecule has 0 aliphatic rings. The smallest absolute Gasteiger partial charge is 0.274 e. The summed E-state index contributed by atoms with van der Waals surface area (Å²) in [7, 11) is 0. The van der Waals surface area contributed by atoms with Crippen LogP contribution in [0, 0.1) is 13.8 Å². The van der Waals surface area contributed by atoms with Gasteiger partial charge in [-0.3, -0.25) is 4.79 Å². The topological polar surface area (TPSA) is 54.6 Å². The molecule has 0 aromatic carbocycles. The Balaban J connectivity index is 2.00. The molecular formula is C12H12N2O2S. The number of carbonyl (C=O) groups is 1. The van der Waals surface area contributed by atoms with Crippen LogP contribution in [-0.2, 0) is 0 Å². The van der Waals surface area contributed by atoms with Crippen molar-refractivity contribution in [2.75, 3.05) is 0 Å². The third-order valence-corrected chi connectivity index (χ3v) is 2.91. The second-order valence-corrected chi connectivity index (χ2v) is 4.36. The average Bonchev–Trinajstić information content (AvgIpc) is 2.88. The Hall–Kier alpha value is -1.88. The molecule has 0 spiro atoms. The maximum absolute atomic E-state index is 11.7. The van der Waals surface area contributed by atoms with E-state index in [0.717, 1.165) is 11.3 Å². The first-order chi connectivity index (χ1) is 8.16. The van der Waals surface area contributed by atoms with Gasteiger partial charge in [0.2, 0.25) is 0 Å². The minimum atomic E-state index is -0.258. The number of rotatable bonds is 3. The van der Waals surface area contributed by atoms with Crippen LogP contribution in [0.2, 0.25) is 0 Å². The summed E-state index contributed by atoms with van der Waals surface area (Å²) in [5.74, 6) is 1.06. The van der Waals surface area contributed by atoms with E-state index < -0.39 is 0 Å². The molecular weight excluding hydrogens is 236 g/mol. The van der Waals surface area contributed by atoms with E-state index in [1.807, 2.05) is 16.8 Å². The van der Waals surface area contributed by atoms with Gasteiger partial charge in [0.1, 0.15) is 11.5 Å².